The Morgan fingerprint density at radius 2 is 2.11 bits per heavy atom. The quantitative estimate of drug-likeness (QED) is 0.745. The molecule has 0 saturated heterocycles. The van der Waals surface area contributed by atoms with Crippen LogP contribution in [0.5, 0.6) is 0 Å². The van der Waals surface area contributed by atoms with E-state index in [1.807, 2.05) is 13.8 Å². The highest BCUT2D eigenvalue weighted by molar-refractivity contribution is 4.94. The zero-order valence-electron chi connectivity index (χ0n) is 11.5. The van der Waals surface area contributed by atoms with Crippen molar-refractivity contribution in [3.8, 4) is 6.07 Å². The first kappa shape index (κ1) is 14.7. The third-order valence-corrected chi connectivity index (χ3v) is 2.65. The molecule has 5 heteroatoms. The summed E-state index contributed by atoms with van der Waals surface area (Å²) in [5, 5.41) is 12.6. The summed E-state index contributed by atoms with van der Waals surface area (Å²) < 4.78 is 10.8. The number of ether oxygens (including phenoxy) is 1. The maximum atomic E-state index is 8.61. The molecule has 2 atom stereocenters. The zero-order chi connectivity index (χ0) is 13.5. The Kier molecular flexibility index (Phi) is 5.79. The lowest BCUT2D eigenvalue weighted by molar-refractivity contribution is 0.0217. The molecule has 18 heavy (non-hydrogen) atoms. The van der Waals surface area contributed by atoms with Gasteiger partial charge in [0, 0.05) is 19.4 Å². The Balaban J connectivity index is 2.69. The van der Waals surface area contributed by atoms with Crippen LogP contribution in [-0.4, -0.2) is 16.7 Å². The zero-order valence-corrected chi connectivity index (χ0v) is 11.5. The van der Waals surface area contributed by atoms with Gasteiger partial charge in [0.25, 0.3) is 0 Å². The van der Waals surface area contributed by atoms with Crippen LogP contribution >= 0.6 is 0 Å². The van der Waals surface area contributed by atoms with Gasteiger partial charge in [0.05, 0.1) is 6.07 Å². The van der Waals surface area contributed by atoms with E-state index in [1.165, 1.54) is 0 Å². The van der Waals surface area contributed by atoms with Crippen molar-refractivity contribution in [2.75, 3.05) is 6.61 Å². The van der Waals surface area contributed by atoms with Crippen LogP contribution in [0.15, 0.2) is 4.52 Å². The lowest BCUT2D eigenvalue weighted by Gasteiger charge is -2.16. The fourth-order valence-corrected chi connectivity index (χ4v) is 1.74. The average Bonchev–Trinajstić information content (AvgIpc) is 2.73. The number of hydrogen-bond acceptors (Lipinski definition) is 5. The van der Waals surface area contributed by atoms with Gasteiger partial charge in [0.15, 0.2) is 0 Å². The standard InChI is InChI=1S/C13H21N3O2/c1-5-17-12(9(2)3)13-15-11(18-16-13)8-10(4)6-7-14/h9-10,12H,5-6,8H2,1-4H3. The van der Waals surface area contributed by atoms with E-state index < -0.39 is 0 Å². The van der Waals surface area contributed by atoms with Crippen molar-refractivity contribution >= 4 is 0 Å². The normalized spacial score (nSPS) is 14.4. The number of nitrogens with zero attached hydrogens (tertiary/aromatic N) is 3. The molecule has 0 aromatic carbocycles. The number of hydrogen-bond donors (Lipinski definition) is 0. The SMILES string of the molecule is CCOC(c1noc(CC(C)CC#N)n1)C(C)C. The van der Waals surface area contributed by atoms with E-state index in [9.17, 15) is 0 Å². The van der Waals surface area contributed by atoms with E-state index in [4.69, 9.17) is 14.5 Å². The Morgan fingerprint density at radius 3 is 2.67 bits per heavy atom. The molecule has 0 aliphatic rings. The van der Waals surface area contributed by atoms with Gasteiger partial charge >= 0.3 is 0 Å². The van der Waals surface area contributed by atoms with Gasteiger partial charge in [0.1, 0.15) is 6.10 Å². The van der Waals surface area contributed by atoms with Gasteiger partial charge in [-0.2, -0.15) is 10.2 Å². The summed E-state index contributed by atoms with van der Waals surface area (Å²) in [5.74, 6) is 1.71. The van der Waals surface area contributed by atoms with Crippen LogP contribution in [0.25, 0.3) is 0 Å². The van der Waals surface area contributed by atoms with Crippen LogP contribution in [0.1, 0.15) is 51.9 Å². The lowest BCUT2D eigenvalue weighted by atomic mass is 10.1. The Hall–Kier alpha value is -1.41. The van der Waals surface area contributed by atoms with Crippen molar-refractivity contribution in [1.29, 1.82) is 5.26 Å². The monoisotopic (exact) mass is 251 g/mol. The fraction of sp³-hybridized carbons (Fsp3) is 0.769. The molecule has 0 fully saturated rings. The van der Waals surface area contributed by atoms with Crippen LogP contribution in [0, 0.1) is 23.2 Å². The smallest absolute Gasteiger partial charge is 0.227 e. The summed E-state index contributed by atoms with van der Waals surface area (Å²) in [6.07, 6.45) is 1.01. The molecule has 1 aromatic heterocycles. The Morgan fingerprint density at radius 1 is 1.39 bits per heavy atom. The molecular formula is C13H21N3O2. The molecule has 1 rings (SSSR count). The fourth-order valence-electron chi connectivity index (χ4n) is 1.74. The molecule has 0 aliphatic heterocycles. The predicted molar refractivity (Wildman–Crippen MR) is 66.6 cm³/mol. The molecule has 0 radical (unpaired) electrons. The molecule has 1 heterocycles. The first-order valence-electron chi connectivity index (χ1n) is 6.39. The van der Waals surface area contributed by atoms with Crippen molar-refractivity contribution in [2.24, 2.45) is 11.8 Å². The third-order valence-electron chi connectivity index (χ3n) is 2.65. The van der Waals surface area contributed by atoms with E-state index in [0.29, 0.717) is 37.1 Å². The molecule has 0 saturated carbocycles. The Bertz CT molecular complexity index is 395. The first-order valence-corrected chi connectivity index (χ1v) is 6.39. The predicted octanol–water partition coefficient (Wildman–Crippen LogP) is 2.90. The largest absolute Gasteiger partial charge is 0.370 e. The highest BCUT2D eigenvalue weighted by Crippen LogP contribution is 2.23. The number of nitriles is 1. The third kappa shape index (κ3) is 4.11. The molecule has 1 aromatic rings. The van der Waals surface area contributed by atoms with Crippen LogP contribution in [0.2, 0.25) is 0 Å². The summed E-state index contributed by atoms with van der Waals surface area (Å²) in [4.78, 5) is 4.36. The summed E-state index contributed by atoms with van der Waals surface area (Å²) in [6, 6.07) is 2.14. The second-order valence-electron chi connectivity index (χ2n) is 4.84. The number of rotatable bonds is 7. The van der Waals surface area contributed by atoms with Crippen LogP contribution < -0.4 is 0 Å². The second kappa shape index (κ2) is 7.12. The summed E-state index contributed by atoms with van der Waals surface area (Å²) in [5.41, 5.74) is 0. The second-order valence-corrected chi connectivity index (χ2v) is 4.84. The van der Waals surface area contributed by atoms with E-state index in [2.05, 4.69) is 30.1 Å². The molecule has 0 aliphatic carbocycles. The van der Waals surface area contributed by atoms with E-state index in [1.54, 1.807) is 0 Å². The minimum Gasteiger partial charge on any atom is -0.370 e. The molecule has 0 bridgehead atoms. The van der Waals surface area contributed by atoms with Gasteiger partial charge in [-0.1, -0.05) is 25.9 Å². The average molecular weight is 251 g/mol. The van der Waals surface area contributed by atoms with Crippen LogP contribution in [0.4, 0.5) is 0 Å². The summed E-state index contributed by atoms with van der Waals surface area (Å²) in [7, 11) is 0. The first-order chi connectivity index (χ1) is 8.58. The van der Waals surface area contributed by atoms with Gasteiger partial charge < -0.3 is 9.26 Å². The minimum atomic E-state index is -0.126. The van der Waals surface area contributed by atoms with Crippen molar-refractivity contribution in [3.63, 3.8) is 0 Å². The topological polar surface area (TPSA) is 71.9 Å². The molecule has 5 nitrogen and oxygen atoms in total. The van der Waals surface area contributed by atoms with Crippen molar-refractivity contribution in [2.45, 2.75) is 46.6 Å². The van der Waals surface area contributed by atoms with Gasteiger partial charge in [0.2, 0.25) is 11.7 Å². The lowest BCUT2D eigenvalue weighted by Crippen LogP contribution is -2.13. The minimum absolute atomic E-state index is 0.126. The van der Waals surface area contributed by atoms with E-state index in [0.717, 1.165) is 0 Å². The molecule has 0 spiro atoms. The maximum Gasteiger partial charge on any atom is 0.227 e. The molecule has 100 valence electrons. The van der Waals surface area contributed by atoms with Crippen molar-refractivity contribution < 1.29 is 9.26 Å². The van der Waals surface area contributed by atoms with Crippen molar-refractivity contribution in [3.05, 3.63) is 11.7 Å². The highest BCUT2D eigenvalue weighted by Gasteiger charge is 2.22. The van der Waals surface area contributed by atoms with Gasteiger partial charge in [-0.3, -0.25) is 0 Å². The molecule has 0 amide bonds. The summed E-state index contributed by atoms with van der Waals surface area (Å²) >= 11 is 0. The highest BCUT2D eigenvalue weighted by atomic mass is 16.5. The van der Waals surface area contributed by atoms with Gasteiger partial charge in [-0.25, -0.2) is 0 Å². The Labute approximate surface area is 108 Å². The van der Waals surface area contributed by atoms with Gasteiger partial charge in [-0.15, -0.1) is 0 Å². The molecule has 0 N–H and O–H groups in total. The van der Waals surface area contributed by atoms with Crippen molar-refractivity contribution in [1.82, 2.24) is 10.1 Å². The van der Waals surface area contributed by atoms with Crippen LogP contribution in [-0.2, 0) is 11.2 Å². The van der Waals surface area contributed by atoms with E-state index in [-0.39, 0.29) is 12.0 Å². The van der Waals surface area contributed by atoms with Gasteiger partial charge in [-0.05, 0) is 18.8 Å². The molecule has 2 unspecified atom stereocenters. The van der Waals surface area contributed by atoms with E-state index >= 15 is 0 Å². The maximum absolute atomic E-state index is 8.61. The van der Waals surface area contributed by atoms with Crippen LogP contribution in [0.3, 0.4) is 0 Å². The molecular weight excluding hydrogens is 230 g/mol. The number of aromatic nitrogens is 2. The summed E-state index contributed by atoms with van der Waals surface area (Å²) in [6.45, 7) is 8.70.